The molecule has 2 aromatic rings. The summed E-state index contributed by atoms with van der Waals surface area (Å²) in [5.41, 5.74) is 0.827. The van der Waals surface area contributed by atoms with Crippen molar-refractivity contribution in [3.05, 3.63) is 70.8 Å². The number of amidine groups is 2. The minimum Gasteiger partial charge on any atom is -0.508 e. The van der Waals surface area contributed by atoms with Gasteiger partial charge in [-0.3, -0.25) is 0 Å². The molecule has 2 aliphatic rings. The van der Waals surface area contributed by atoms with Crippen molar-refractivity contribution in [3.63, 3.8) is 0 Å². The lowest BCUT2D eigenvalue weighted by Crippen LogP contribution is -2.06. The van der Waals surface area contributed by atoms with E-state index in [4.69, 9.17) is 0 Å². The Morgan fingerprint density at radius 1 is 0.875 bits per heavy atom. The lowest BCUT2D eigenvalue weighted by Gasteiger charge is -2.03. The largest absolute Gasteiger partial charge is 0.508 e. The van der Waals surface area contributed by atoms with Gasteiger partial charge in [-0.2, -0.15) is 0 Å². The van der Waals surface area contributed by atoms with Crippen molar-refractivity contribution in [2.24, 2.45) is 15.0 Å². The quantitative estimate of drug-likeness (QED) is 0.931. The molecule has 0 saturated carbocycles. The normalized spacial score (nSPS) is 16.2. The molecule has 0 spiro atoms. The summed E-state index contributed by atoms with van der Waals surface area (Å²) < 4.78 is 25.5. The second-order valence-corrected chi connectivity index (χ2v) is 7.13. The number of allylic oxidation sites excluding steroid dienone is 1. The Kier molecular flexibility index (Phi) is 3.17. The number of phenolic OH excluding ortho intramolecular Hbond substituents is 1. The number of sulfone groups is 1. The van der Waals surface area contributed by atoms with Crippen molar-refractivity contribution in [2.45, 2.75) is 4.90 Å². The predicted octanol–water partition coefficient (Wildman–Crippen LogP) is 2.32. The van der Waals surface area contributed by atoms with Crippen LogP contribution < -0.4 is 0 Å². The van der Waals surface area contributed by atoms with Crippen LogP contribution in [0.5, 0.6) is 5.75 Å². The third-order valence-corrected chi connectivity index (χ3v) is 5.40. The molecule has 24 heavy (non-hydrogen) atoms. The number of rotatable bonds is 3. The first-order chi connectivity index (χ1) is 11.6. The van der Waals surface area contributed by atoms with Crippen molar-refractivity contribution in [3.8, 4) is 5.75 Å². The van der Waals surface area contributed by atoms with E-state index in [0.29, 0.717) is 11.4 Å². The van der Waals surface area contributed by atoms with Gasteiger partial charge in [-0.25, -0.2) is 23.4 Å². The van der Waals surface area contributed by atoms with Crippen LogP contribution in [-0.4, -0.2) is 31.4 Å². The Balaban J connectivity index is 1.82. The topological polar surface area (TPSA) is 91.5 Å². The van der Waals surface area contributed by atoms with E-state index in [1.165, 1.54) is 30.5 Å². The molecule has 0 fully saturated rings. The molecule has 2 aliphatic heterocycles. The van der Waals surface area contributed by atoms with Crippen molar-refractivity contribution in [1.82, 2.24) is 0 Å². The van der Waals surface area contributed by atoms with Crippen LogP contribution in [0.4, 0.5) is 0 Å². The van der Waals surface area contributed by atoms with Crippen molar-refractivity contribution < 1.29 is 13.5 Å². The summed E-state index contributed by atoms with van der Waals surface area (Å²) in [6, 6.07) is 14.6. The SMILES string of the molecule is O=S(=O)(C1=C2N=C(c3cccc(O)c3)N=C2N=C1)c1ccccc1. The summed E-state index contributed by atoms with van der Waals surface area (Å²) >= 11 is 0. The maximum Gasteiger partial charge on any atom is 0.210 e. The van der Waals surface area contributed by atoms with E-state index >= 15 is 0 Å². The maximum atomic E-state index is 12.8. The highest BCUT2D eigenvalue weighted by atomic mass is 32.2. The van der Waals surface area contributed by atoms with Gasteiger partial charge in [-0.05, 0) is 24.3 Å². The second-order valence-electron chi connectivity index (χ2n) is 5.21. The van der Waals surface area contributed by atoms with Gasteiger partial charge in [0.05, 0.1) is 11.1 Å². The lowest BCUT2D eigenvalue weighted by molar-refractivity contribution is 0.475. The summed E-state index contributed by atoms with van der Waals surface area (Å²) in [6.45, 7) is 0. The molecule has 0 saturated heterocycles. The van der Waals surface area contributed by atoms with E-state index in [2.05, 4.69) is 15.0 Å². The average molecular weight is 337 g/mol. The minimum absolute atomic E-state index is 0.0302. The number of fused-ring (bicyclic) bond motifs is 1. The summed E-state index contributed by atoms with van der Waals surface area (Å²) in [4.78, 5) is 12.8. The number of aromatic hydroxyl groups is 1. The fourth-order valence-electron chi connectivity index (χ4n) is 2.47. The van der Waals surface area contributed by atoms with E-state index in [0.717, 1.165) is 0 Å². The minimum atomic E-state index is -3.71. The van der Waals surface area contributed by atoms with Gasteiger partial charge < -0.3 is 5.11 Å². The number of hydrogen-bond donors (Lipinski definition) is 1. The van der Waals surface area contributed by atoms with Crippen LogP contribution in [0.1, 0.15) is 5.56 Å². The van der Waals surface area contributed by atoms with Crippen LogP contribution in [0.25, 0.3) is 0 Å². The molecule has 0 aromatic heterocycles. The smallest absolute Gasteiger partial charge is 0.210 e. The van der Waals surface area contributed by atoms with Crippen molar-refractivity contribution in [2.75, 3.05) is 0 Å². The summed E-state index contributed by atoms with van der Waals surface area (Å²) in [6.07, 6.45) is 1.28. The Labute approximate surface area is 138 Å². The molecule has 1 N–H and O–H groups in total. The molecule has 0 bridgehead atoms. The Bertz CT molecular complexity index is 1070. The number of aliphatic imine (C=N–C) groups is 3. The number of nitrogens with zero attached hydrogens (tertiary/aromatic N) is 3. The van der Waals surface area contributed by atoms with Gasteiger partial charge in [-0.1, -0.05) is 30.3 Å². The van der Waals surface area contributed by atoms with E-state index in [-0.39, 0.29) is 27.1 Å². The molecule has 0 aliphatic carbocycles. The van der Waals surface area contributed by atoms with Gasteiger partial charge >= 0.3 is 0 Å². The molecular formula is C17H11N3O3S. The Morgan fingerprint density at radius 2 is 1.67 bits per heavy atom. The van der Waals surface area contributed by atoms with Gasteiger partial charge in [-0.15, -0.1) is 0 Å². The zero-order valence-corrected chi connectivity index (χ0v) is 13.1. The number of phenols is 1. The lowest BCUT2D eigenvalue weighted by atomic mass is 10.2. The molecule has 7 heteroatoms. The maximum absolute atomic E-state index is 12.8. The zero-order valence-electron chi connectivity index (χ0n) is 12.3. The van der Waals surface area contributed by atoms with Gasteiger partial charge in [0.2, 0.25) is 9.84 Å². The monoisotopic (exact) mass is 337 g/mol. The van der Waals surface area contributed by atoms with Gasteiger partial charge in [0.1, 0.15) is 16.4 Å². The molecule has 0 radical (unpaired) electrons. The van der Waals surface area contributed by atoms with E-state index < -0.39 is 9.84 Å². The molecule has 4 rings (SSSR count). The van der Waals surface area contributed by atoms with Crippen molar-refractivity contribution >= 4 is 27.7 Å². The van der Waals surface area contributed by atoms with E-state index in [1.807, 2.05) is 0 Å². The fraction of sp³-hybridized carbons (Fsp3) is 0. The predicted molar refractivity (Wildman–Crippen MR) is 91.2 cm³/mol. The van der Waals surface area contributed by atoms with Crippen molar-refractivity contribution in [1.29, 1.82) is 0 Å². The summed E-state index contributed by atoms with van der Waals surface area (Å²) in [5, 5.41) is 9.57. The molecule has 0 unspecified atom stereocenters. The molecule has 6 nitrogen and oxygen atoms in total. The van der Waals surface area contributed by atoms with Gasteiger partial charge in [0.25, 0.3) is 0 Å². The highest BCUT2D eigenvalue weighted by Crippen LogP contribution is 2.30. The third-order valence-electron chi connectivity index (χ3n) is 3.63. The van der Waals surface area contributed by atoms with E-state index in [9.17, 15) is 13.5 Å². The molecule has 0 amide bonds. The Hall–Kier alpha value is -3.06. The molecule has 0 atom stereocenters. The first kappa shape index (κ1) is 14.5. The second kappa shape index (κ2) is 5.24. The fourth-order valence-corrected chi connectivity index (χ4v) is 3.82. The van der Waals surface area contributed by atoms with Gasteiger partial charge in [0.15, 0.2) is 11.7 Å². The van der Waals surface area contributed by atoms with Crippen LogP contribution in [0.2, 0.25) is 0 Å². The Morgan fingerprint density at radius 3 is 2.42 bits per heavy atom. The first-order valence-electron chi connectivity index (χ1n) is 7.11. The van der Waals surface area contributed by atoms with E-state index in [1.54, 1.807) is 30.3 Å². The standard InChI is InChI=1S/C17H11N3O3S/c21-12-6-4-5-11(9-12)16-19-15-14(10-18-17(15)20-16)24(22,23)13-7-2-1-3-8-13/h1-10,21H. The molecular weight excluding hydrogens is 326 g/mol. The van der Waals surface area contributed by atoms with Crippen LogP contribution in [0, 0.1) is 0 Å². The van der Waals surface area contributed by atoms with Crippen LogP contribution in [-0.2, 0) is 9.84 Å². The molecule has 2 aromatic carbocycles. The highest BCUT2D eigenvalue weighted by Gasteiger charge is 2.32. The summed E-state index contributed by atoms with van der Waals surface area (Å²) in [5.74, 6) is 0.679. The van der Waals surface area contributed by atoms with Crippen LogP contribution in [0.3, 0.4) is 0 Å². The van der Waals surface area contributed by atoms with Gasteiger partial charge in [0, 0.05) is 5.56 Å². The van der Waals surface area contributed by atoms with Crippen LogP contribution in [0.15, 0.2) is 85.1 Å². The molecule has 2 heterocycles. The first-order valence-corrected chi connectivity index (χ1v) is 8.60. The third kappa shape index (κ3) is 2.26. The number of benzene rings is 2. The van der Waals surface area contributed by atoms with Crippen LogP contribution >= 0.6 is 0 Å². The zero-order chi connectivity index (χ0) is 16.7. The average Bonchev–Trinajstić information content (AvgIpc) is 3.16. The molecule has 118 valence electrons. The number of hydrogen-bond acceptors (Lipinski definition) is 6. The highest BCUT2D eigenvalue weighted by molar-refractivity contribution is 7.96. The summed E-state index contributed by atoms with van der Waals surface area (Å²) in [7, 11) is -3.71.